The van der Waals surface area contributed by atoms with E-state index in [0.717, 1.165) is 25.8 Å². The lowest BCUT2D eigenvalue weighted by Gasteiger charge is -2.30. The Bertz CT molecular complexity index is 809. The van der Waals surface area contributed by atoms with Gasteiger partial charge in [0, 0.05) is 35.0 Å². The second kappa shape index (κ2) is 6.13. The summed E-state index contributed by atoms with van der Waals surface area (Å²) in [7, 11) is -0.595. The number of hydrogen-bond donors (Lipinski definition) is 0. The zero-order valence-corrected chi connectivity index (χ0v) is 14.8. The molecule has 1 saturated heterocycles. The van der Waals surface area contributed by atoms with Crippen molar-refractivity contribution in [2.45, 2.75) is 43.5 Å². The van der Waals surface area contributed by atoms with Crippen LogP contribution in [-0.2, 0) is 6.54 Å². The molecular weight excluding hydrogens is 298 g/mol. The molecule has 1 aromatic carbocycles. The minimum absolute atomic E-state index is 0.595. The molecule has 2 heteroatoms. The Balaban J connectivity index is 1.68. The second-order valence-corrected chi connectivity index (χ2v) is 10.7. The van der Waals surface area contributed by atoms with Gasteiger partial charge < -0.3 is 4.57 Å². The minimum Gasteiger partial charge on any atom is -0.346 e. The van der Waals surface area contributed by atoms with Crippen LogP contribution < -0.4 is 0 Å². The molecule has 0 spiro atoms. The fraction of sp³-hybridized carbons (Fsp3) is 0.429. The van der Waals surface area contributed by atoms with Crippen LogP contribution >= 0.6 is 10.0 Å². The fourth-order valence-electron chi connectivity index (χ4n) is 3.91. The first kappa shape index (κ1) is 15.0. The van der Waals surface area contributed by atoms with Crippen LogP contribution in [0, 0.1) is 11.8 Å². The molecule has 0 bridgehead atoms. The van der Waals surface area contributed by atoms with Crippen molar-refractivity contribution in [3.63, 3.8) is 0 Å². The molecule has 1 aromatic heterocycles. The Hall–Kier alpha value is -1.59. The van der Waals surface area contributed by atoms with Crippen LogP contribution in [0.4, 0.5) is 0 Å². The predicted molar refractivity (Wildman–Crippen MR) is 102 cm³/mol. The van der Waals surface area contributed by atoms with E-state index >= 15 is 0 Å². The smallest absolute Gasteiger partial charge is 0.0491 e. The van der Waals surface area contributed by atoms with Gasteiger partial charge in [-0.1, -0.05) is 36.1 Å². The quantitative estimate of drug-likeness (QED) is 0.669. The first-order chi connectivity index (χ1) is 11.3. The molecule has 2 heterocycles. The van der Waals surface area contributed by atoms with Crippen LogP contribution in [0.2, 0.25) is 0 Å². The Morgan fingerprint density at radius 2 is 2.00 bits per heavy atom. The summed E-state index contributed by atoms with van der Waals surface area (Å²) in [6.45, 7) is 1.05. The maximum Gasteiger partial charge on any atom is 0.0491 e. The third-order valence-corrected chi connectivity index (χ3v) is 9.02. The first-order valence-electron chi connectivity index (χ1n) is 8.76. The van der Waals surface area contributed by atoms with Gasteiger partial charge in [-0.2, -0.15) is 0 Å². The highest BCUT2D eigenvalue weighted by atomic mass is 32.3. The van der Waals surface area contributed by atoms with Crippen molar-refractivity contribution in [1.82, 2.24) is 4.57 Å². The third-order valence-electron chi connectivity index (χ3n) is 5.25. The van der Waals surface area contributed by atoms with Crippen LogP contribution in [0.5, 0.6) is 0 Å². The summed E-state index contributed by atoms with van der Waals surface area (Å²) in [4.78, 5) is 1.65. The van der Waals surface area contributed by atoms with Crippen molar-refractivity contribution in [3.05, 3.63) is 42.1 Å². The summed E-state index contributed by atoms with van der Waals surface area (Å²) < 4.78 is 2.48. The SMILES string of the molecule is CS1(c2cn(CCC3=CCCC#C3)c3ccccc23)CCCC1. The summed E-state index contributed by atoms with van der Waals surface area (Å²) in [6.07, 6.45) is 13.4. The average molecular weight is 324 g/mol. The summed E-state index contributed by atoms with van der Waals surface area (Å²) in [6, 6.07) is 8.99. The second-order valence-electron chi connectivity index (χ2n) is 6.91. The van der Waals surface area contributed by atoms with Crippen molar-refractivity contribution in [3.8, 4) is 11.8 Å². The number of aryl methyl sites for hydroxylation is 1. The summed E-state index contributed by atoms with van der Waals surface area (Å²) >= 11 is 0. The highest BCUT2D eigenvalue weighted by molar-refractivity contribution is 8.33. The minimum atomic E-state index is -0.595. The number of para-hydroxylation sites is 1. The van der Waals surface area contributed by atoms with Crippen LogP contribution in [-0.4, -0.2) is 22.3 Å². The molecule has 1 nitrogen and oxygen atoms in total. The van der Waals surface area contributed by atoms with Gasteiger partial charge in [0.15, 0.2) is 0 Å². The normalized spacial score (nSPS) is 20.8. The summed E-state index contributed by atoms with van der Waals surface area (Å²) in [5.41, 5.74) is 2.74. The predicted octanol–water partition coefficient (Wildman–Crippen LogP) is 5.34. The van der Waals surface area contributed by atoms with E-state index in [4.69, 9.17) is 0 Å². The number of rotatable bonds is 4. The Morgan fingerprint density at radius 1 is 1.17 bits per heavy atom. The van der Waals surface area contributed by atoms with E-state index in [1.54, 1.807) is 4.90 Å². The fourth-order valence-corrected chi connectivity index (χ4v) is 7.32. The molecule has 120 valence electrons. The molecule has 1 fully saturated rings. The van der Waals surface area contributed by atoms with Gasteiger partial charge in [0.25, 0.3) is 0 Å². The van der Waals surface area contributed by atoms with Gasteiger partial charge in [-0.3, -0.25) is 0 Å². The lowest BCUT2D eigenvalue weighted by Crippen LogP contribution is -2.00. The monoisotopic (exact) mass is 323 g/mol. The highest BCUT2D eigenvalue weighted by Gasteiger charge is 2.28. The van der Waals surface area contributed by atoms with E-state index in [9.17, 15) is 0 Å². The third kappa shape index (κ3) is 2.83. The Morgan fingerprint density at radius 3 is 2.78 bits per heavy atom. The van der Waals surface area contributed by atoms with Gasteiger partial charge in [0.1, 0.15) is 0 Å². The van der Waals surface area contributed by atoms with Gasteiger partial charge in [-0.05, 0) is 55.1 Å². The standard InChI is InChI=1S/C21H25NS/c1-23(15-7-8-16-23)21-17-22(20-12-6-5-11-19(20)21)14-13-18-9-3-2-4-10-18/h5-6,9,11-12,17H,2-3,7-8,13-16H2,1H3. The average Bonchev–Trinajstić information content (AvgIpc) is 3.19. The molecule has 0 radical (unpaired) electrons. The van der Waals surface area contributed by atoms with E-state index in [2.05, 4.69) is 59.2 Å². The topological polar surface area (TPSA) is 4.93 Å². The molecule has 1 aliphatic carbocycles. The maximum atomic E-state index is 3.31. The molecule has 0 N–H and O–H groups in total. The number of allylic oxidation sites excluding steroid dienone is 2. The zero-order chi connectivity index (χ0) is 15.7. The molecule has 0 saturated carbocycles. The largest absolute Gasteiger partial charge is 0.346 e. The zero-order valence-electron chi connectivity index (χ0n) is 14.0. The van der Waals surface area contributed by atoms with Crippen molar-refractivity contribution >= 4 is 20.9 Å². The molecule has 0 amide bonds. The number of nitrogens with zero attached hydrogens (tertiary/aromatic N) is 1. The van der Waals surface area contributed by atoms with E-state index in [0.29, 0.717) is 0 Å². The number of hydrogen-bond acceptors (Lipinski definition) is 0. The van der Waals surface area contributed by atoms with E-state index in [1.165, 1.54) is 40.8 Å². The molecule has 0 unspecified atom stereocenters. The summed E-state index contributed by atoms with van der Waals surface area (Å²) in [5.74, 6) is 9.38. The van der Waals surface area contributed by atoms with E-state index in [1.807, 2.05) is 0 Å². The van der Waals surface area contributed by atoms with E-state index < -0.39 is 10.0 Å². The van der Waals surface area contributed by atoms with Crippen LogP contribution in [0.15, 0.2) is 47.0 Å². The van der Waals surface area contributed by atoms with Crippen LogP contribution in [0.3, 0.4) is 0 Å². The summed E-state index contributed by atoms with van der Waals surface area (Å²) in [5, 5.41) is 1.50. The van der Waals surface area contributed by atoms with Crippen LogP contribution in [0.25, 0.3) is 10.9 Å². The Labute approximate surface area is 141 Å². The van der Waals surface area contributed by atoms with Crippen molar-refractivity contribution in [2.24, 2.45) is 0 Å². The van der Waals surface area contributed by atoms with Crippen LogP contribution in [0.1, 0.15) is 32.1 Å². The molecule has 4 rings (SSSR count). The van der Waals surface area contributed by atoms with Gasteiger partial charge >= 0.3 is 0 Å². The maximum absolute atomic E-state index is 3.31. The number of benzene rings is 1. The van der Waals surface area contributed by atoms with Crippen molar-refractivity contribution < 1.29 is 0 Å². The van der Waals surface area contributed by atoms with Gasteiger partial charge in [0.2, 0.25) is 0 Å². The number of fused-ring (bicyclic) bond motifs is 1. The molecule has 23 heavy (non-hydrogen) atoms. The van der Waals surface area contributed by atoms with Crippen molar-refractivity contribution in [1.29, 1.82) is 0 Å². The molecule has 0 atom stereocenters. The first-order valence-corrected chi connectivity index (χ1v) is 11.1. The molecule has 2 aromatic rings. The highest BCUT2D eigenvalue weighted by Crippen LogP contribution is 2.59. The van der Waals surface area contributed by atoms with Gasteiger partial charge in [0.05, 0.1) is 0 Å². The molecule has 1 aliphatic heterocycles. The Kier molecular flexibility index (Phi) is 3.99. The number of aromatic nitrogens is 1. The van der Waals surface area contributed by atoms with E-state index in [-0.39, 0.29) is 0 Å². The van der Waals surface area contributed by atoms with Gasteiger partial charge in [-0.15, -0.1) is 0 Å². The molecule has 2 aliphatic rings. The van der Waals surface area contributed by atoms with Crippen molar-refractivity contribution in [2.75, 3.05) is 17.8 Å². The van der Waals surface area contributed by atoms with Gasteiger partial charge in [-0.25, -0.2) is 10.0 Å². The lowest BCUT2D eigenvalue weighted by molar-refractivity contribution is 0.720. The lowest BCUT2D eigenvalue weighted by atomic mass is 10.1. The molecular formula is C21H25NS.